The normalized spacial score (nSPS) is 37.1. The molecule has 0 saturated carbocycles. The fourth-order valence-electron chi connectivity index (χ4n) is 3.98. The molecule has 2 saturated heterocycles. The van der Waals surface area contributed by atoms with E-state index in [1.807, 2.05) is 24.3 Å². The Balaban J connectivity index is 1.88. The number of carbonyl (C=O) groups is 3. The van der Waals surface area contributed by atoms with Gasteiger partial charge in [-0.25, -0.2) is 0 Å². The Labute approximate surface area is 121 Å². The van der Waals surface area contributed by atoms with Crippen LogP contribution in [0.4, 0.5) is 5.69 Å². The van der Waals surface area contributed by atoms with Crippen LogP contribution in [0.25, 0.3) is 0 Å². The number of amides is 3. The Morgan fingerprint density at radius 1 is 1.19 bits per heavy atom. The van der Waals surface area contributed by atoms with Crippen LogP contribution >= 0.6 is 0 Å². The Morgan fingerprint density at radius 3 is 2.67 bits per heavy atom. The summed E-state index contributed by atoms with van der Waals surface area (Å²) < 4.78 is 0. The Bertz CT molecular complexity index is 701. The summed E-state index contributed by atoms with van der Waals surface area (Å²) in [4.78, 5) is 38.4. The molecule has 4 atom stereocenters. The highest BCUT2D eigenvalue weighted by Crippen LogP contribution is 2.51. The van der Waals surface area contributed by atoms with Crippen LogP contribution in [0, 0.1) is 11.8 Å². The van der Waals surface area contributed by atoms with Crippen LogP contribution in [0.1, 0.15) is 18.5 Å². The molecular formula is C15H15N3O3. The second-order valence-electron chi connectivity index (χ2n) is 6.11. The van der Waals surface area contributed by atoms with Crippen molar-refractivity contribution in [2.75, 3.05) is 12.4 Å². The number of para-hydroxylation sites is 1. The maximum atomic E-state index is 12.4. The maximum Gasteiger partial charge on any atom is 0.249 e. The molecular weight excluding hydrogens is 270 g/mol. The van der Waals surface area contributed by atoms with Crippen molar-refractivity contribution in [2.45, 2.75) is 18.5 Å². The molecule has 0 unspecified atom stereocenters. The van der Waals surface area contributed by atoms with Gasteiger partial charge in [-0.2, -0.15) is 0 Å². The number of likely N-dealkylation sites (N-methyl/N-ethyl adjacent to an activating group) is 1. The number of hydrogen-bond acceptors (Lipinski definition) is 4. The lowest BCUT2D eigenvalue weighted by Gasteiger charge is -2.30. The summed E-state index contributed by atoms with van der Waals surface area (Å²) in [6, 6.07) is 7.19. The summed E-state index contributed by atoms with van der Waals surface area (Å²) in [5.41, 5.74) is 0.671. The van der Waals surface area contributed by atoms with Gasteiger partial charge in [0.25, 0.3) is 0 Å². The second kappa shape index (κ2) is 3.71. The van der Waals surface area contributed by atoms with Gasteiger partial charge in [0.15, 0.2) is 0 Å². The molecule has 108 valence electrons. The molecule has 1 aromatic carbocycles. The van der Waals surface area contributed by atoms with E-state index < -0.39 is 17.4 Å². The average molecular weight is 285 g/mol. The standard InChI is InChI=1S/C15H15N3O3/c1-15-10(13(20)18(2)14(15)21)9-11(17-15)7-5-3-4-6-8(7)16-12(9)19/h3-6,9-11,17H,1-2H3,(H,16,19)/t9-,10-,11-,15-/m0/s1. The molecule has 0 spiro atoms. The van der Waals surface area contributed by atoms with Gasteiger partial charge in [-0.3, -0.25) is 24.6 Å². The lowest BCUT2D eigenvalue weighted by molar-refractivity contribution is -0.140. The van der Waals surface area contributed by atoms with Crippen molar-refractivity contribution in [3.8, 4) is 0 Å². The molecule has 1 aromatic rings. The van der Waals surface area contributed by atoms with E-state index in [-0.39, 0.29) is 23.8 Å². The van der Waals surface area contributed by atoms with Gasteiger partial charge in [0.2, 0.25) is 17.7 Å². The van der Waals surface area contributed by atoms with Crippen LogP contribution in [-0.4, -0.2) is 35.2 Å². The molecule has 4 rings (SSSR count). The Hall–Kier alpha value is -2.21. The fraction of sp³-hybridized carbons (Fsp3) is 0.400. The third kappa shape index (κ3) is 1.33. The molecule has 3 amide bonds. The van der Waals surface area contributed by atoms with E-state index in [1.165, 1.54) is 7.05 Å². The van der Waals surface area contributed by atoms with Crippen LogP contribution < -0.4 is 10.6 Å². The lowest BCUT2D eigenvalue weighted by Crippen LogP contribution is -2.48. The minimum atomic E-state index is -1.00. The molecule has 6 nitrogen and oxygen atoms in total. The molecule has 21 heavy (non-hydrogen) atoms. The highest BCUT2D eigenvalue weighted by atomic mass is 16.2. The van der Waals surface area contributed by atoms with Gasteiger partial charge in [0.05, 0.1) is 11.8 Å². The van der Waals surface area contributed by atoms with E-state index in [1.54, 1.807) is 6.92 Å². The number of anilines is 1. The van der Waals surface area contributed by atoms with E-state index in [4.69, 9.17) is 0 Å². The minimum absolute atomic E-state index is 0.198. The van der Waals surface area contributed by atoms with Gasteiger partial charge in [-0.15, -0.1) is 0 Å². The highest BCUT2D eigenvalue weighted by molar-refractivity contribution is 6.13. The first-order chi connectivity index (χ1) is 9.95. The van der Waals surface area contributed by atoms with Crippen molar-refractivity contribution in [3.63, 3.8) is 0 Å². The number of carbonyl (C=O) groups excluding carboxylic acids is 3. The number of rotatable bonds is 0. The largest absolute Gasteiger partial charge is 0.325 e. The quantitative estimate of drug-likeness (QED) is 0.671. The van der Waals surface area contributed by atoms with E-state index in [9.17, 15) is 14.4 Å². The summed E-state index contributed by atoms with van der Waals surface area (Å²) in [5, 5.41) is 6.11. The molecule has 2 N–H and O–H groups in total. The summed E-state index contributed by atoms with van der Waals surface area (Å²) in [6.07, 6.45) is 0. The number of imide groups is 1. The number of fused-ring (bicyclic) bond motifs is 5. The predicted molar refractivity (Wildman–Crippen MR) is 74.1 cm³/mol. The summed E-state index contributed by atoms with van der Waals surface area (Å²) in [7, 11) is 1.47. The summed E-state index contributed by atoms with van der Waals surface area (Å²) >= 11 is 0. The molecule has 3 aliphatic heterocycles. The molecule has 0 aromatic heterocycles. The molecule has 2 fully saturated rings. The first kappa shape index (κ1) is 12.5. The molecule has 3 aliphatic rings. The van der Waals surface area contributed by atoms with E-state index in [2.05, 4.69) is 10.6 Å². The lowest BCUT2D eigenvalue weighted by atomic mass is 9.78. The van der Waals surface area contributed by atoms with E-state index in [0.29, 0.717) is 0 Å². The zero-order valence-electron chi connectivity index (χ0n) is 11.7. The number of likely N-dealkylation sites (tertiary alicyclic amines) is 1. The van der Waals surface area contributed by atoms with Crippen molar-refractivity contribution < 1.29 is 14.4 Å². The second-order valence-corrected chi connectivity index (χ2v) is 6.11. The van der Waals surface area contributed by atoms with Crippen molar-refractivity contribution >= 4 is 23.4 Å². The van der Waals surface area contributed by atoms with Crippen LogP contribution in [0.2, 0.25) is 0 Å². The van der Waals surface area contributed by atoms with Crippen molar-refractivity contribution in [1.82, 2.24) is 10.2 Å². The molecule has 0 bridgehead atoms. The van der Waals surface area contributed by atoms with Gasteiger partial charge < -0.3 is 5.32 Å². The summed E-state index contributed by atoms with van der Waals surface area (Å²) in [5.74, 6) is -1.94. The monoisotopic (exact) mass is 285 g/mol. The van der Waals surface area contributed by atoms with Gasteiger partial charge in [-0.1, -0.05) is 18.2 Å². The van der Waals surface area contributed by atoms with E-state index in [0.717, 1.165) is 16.2 Å². The molecule has 0 radical (unpaired) electrons. The van der Waals surface area contributed by atoms with Gasteiger partial charge in [0, 0.05) is 18.8 Å². The van der Waals surface area contributed by atoms with Crippen LogP contribution in [0.15, 0.2) is 24.3 Å². The van der Waals surface area contributed by atoms with Gasteiger partial charge >= 0.3 is 0 Å². The predicted octanol–water partition coefficient (Wildman–Crippen LogP) is 0.273. The third-order valence-corrected chi connectivity index (χ3v) is 5.00. The van der Waals surface area contributed by atoms with E-state index >= 15 is 0 Å². The molecule has 6 heteroatoms. The number of hydrogen-bond donors (Lipinski definition) is 2. The van der Waals surface area contributed by atoms with Gasteiger partial charge in [0.1, 0.15) is 5.54 Å². The summed E-state index contributed by atoms with van der Waals surface area (Å²) in [6.45, 7) is 1.72. The first-order valence-electron chi connectivity index (χ1n) is 6.94. The van der Waals surface area contributed by atoms with Crippen LogP contribution in [0.5, 0.6) is 0 Å². The zero-order valence-corrected chi connectivity index (χ0v) is 11.7. The van der Waals surface area contributed by atoms with Crippen LogP contribution in [0.3, 0.4) is 0 Å². The number of nitrogens with one attached hydrogen (secondary N) is 2. The highest BCUT2D eigenvalue weighted by Gasteiger charge is 2.67. The van der Waals surface area contributed by atoms with Crippen LogP contribution in [-0.2, 0) is 14.4 Å². The molecule has 3 heterocycles. The fourth-order valence-corrected chi connectivity index (χ4v) is 3.98. The van der Waals surface area contributed by atoms with Gasteiger partial charge in [-0.05, 0) is 18.6 Å². The number of benzene rings is 1. The minimum Gasteiger partial charge on any atom is -0.325 e. The van der Waals surface area contributed by atoms with Crippen molar-refractivity contribution in [3.05, 3.63) is 29.8 Å². The Kier molecular flexibility index (Phi) is 2.21. The topological polar surface area (TPSA) is 78.5 Å². The first-order valence-corrected chi connectivity index (χ1v) is 6.94. The number of nitrogens with zero attached hydrogens (tertiary/aromatic N) is 1. The van der Waals surface area contributed by atoms with Crippen molar-refractivity contribution in [2.24, 2.45) is 11.8 Å². The smallest absolute Gasteiger partial charge is 0.249 e. The van der Waals surface area contributed by atoms with Crippen molar-refractivity contribution in [1.29, 1.82) is 0 Å². The Morgan fingerprint density at radius 2 is 1.90 bits per heavy atom. The average Bonchev–Trinajstić information content (AvgIpc) is 2.87. The SMILES string of the molecule is CN1C(=O)[C@@H]2[C@@H]3C(=O)Nc4ccccc4[C@@H]3N[C@]2(C)C1=O. The maximum absolute atomic E-state index is 12.4. The third-order valence-electron chi connectivity index (χ3n) is 5.00. The molecule has 0 aliphatic carbocycles. The zero-order chi connectivity index (χ0) is 14.9.